The Morgan fingerprint density at radius 3 is 2.68 bits per heavy atom. The van der Waals surface area contributed by atoms with Crippen LogP contribution < -0.4 is 19.8 Å². The molecule has 190 valence electrons. The lowest BCUT2D eigenvalue weighted by Gasteiger charge is -2.42. The lowest BCUT2D eigenvalue weighted by Crippen LogP contribution is -2.46. The van der Waals surface area contributed by atoms with Crippen molar-refractivity contribution in [1.29, 1.82) is 0 Å². The van der Waals surface area contributed by atoms with E-state index in [4.69, 9.17) is 14.2 Å². The van der Waals surface area contributed by atoms with Crippen molar-refractivity contribution in [2.24, 2.45) is 5.92 Å². The number of likely N-dealkylation sites (tertiary alicyclic amines) is 1. The predicted molar refractivity (Wildman–Crippen MR) is 137 cm³/mol. The summed E-state index contributed by atoms with van der Waals surface area (Å²) in [4.78, 5) is 27.8. The second-order valence-corrected chi connectivity index (χ2v) is 9.89. The van der Waals surface area contributed by atoms with Gasteiger partial charge in [-0.05, 0) is 54.3 Å². The molecule has 2 unspecified atom stereocenters. The molecule has 8 nitrogen and oxygen atoms in total. The summed E-state index contributed by atoms with van der Waals surface area (Å²) in [6, 6.07) is 14.0. The van der Waals surface area contributed by atoms with Crippen LogP contribution in [0.25, 0.3) is 6.08 Å². The molecule has 1 saturated heterocycles. The largest absolute Gasteiger partial charge is 0.507 e. The number of hydrogen-bond acceptors (Lipinski definition) is 7. The van der Waals surface area contributed by atoms with E-state index in [9.17, 15) is 14.7 Å². The molecular formula is C29H28N2O6. The lowest BCUT2D eigenvalue weighted by molar-refractivity contribution is 0.101. The molecule has 2 aromatic carbocycles. The number of rotatable bonds is 5. The number of fused-ring (bicyclic) bond motifs is 5. The maximum absolute atomic E-state index is 13.2. The van der Waals surface area contributed by atoms with Crippen molar-refractivity contribution in [3.8, 4) is 23.0 Å². The van der Waals surface area contributed by atoms with Crippen LogP contribution in [0.5, 0.6) is 23.0 Å². The minimum Gasteiger partial charge on any atom is -0.507 e. The van der Waals surface area contributed by atoms with Crippen molar-refractivity contribution in [2.45, 2.75) is 25.4 Å². The van der Waals surface area contributed by atoms with Crippen LogP contribution in [0.1, 0.15) is 39.5 Å². The molecule has 3 aliphatic heterocycles. The number of Topliss-reactive ketones (excluding diaryl/α,β-unsaturated/α-hetero) is 1. The van der Waals surface area contributed by atoms with Crippen molar-refractivity contribution < 1.29 is 24.1 Å². The molecule has 4 heterocycles. The highest BCUT2D eigenvalue weighted by atomic mass is 16.5. The van der Waals surface area contributed by atoms with Crippen LogP contribution in [0.3, 0.4) is 0 Å². The number of aromatic hydroxyl groups is 1. The summed E-state index contributed by atoms with van der Waals surface area (Å²) in [6.07, 6.45) is 2.72. The van der Waals surface area contributed by atoms with Gasteiger partial charge in [0.05, 0.1) is 25.3 Å². The molecular weight excluding hydrogens is 472 g/mol. The van der Waals surface area contributed by atoms with Gasteiger partial charge in [-0.3, -0.25) is 14.5 Å². The molecule has 1 N–H and O–H groups in total. The van der Waals surface area contributed by atoms with Gasteiger partial charge in [-0.1, -0.05) is 12.1 Å². The number of phenolic OH excluding ortho intramolecular Hbond substituents is 1. The molecule has 0 aliphatic carbocycles. The maximum atomic E-state index is 13.2. The number of allylic oxidation sites excluding steroid dienone is 1. The molecule has 8 heteroatoms. The summed E-state index contributed by atoms with van der Waals surface area (Å²) in [5.41, 5.74) is 2.90. The number of piperidine rings is 1. The number of aromatic nitrogens is 1. The molecule has 2 bridgehead atoms. The first kappa shape index (κ1) is 23.4. The molecule has 6 rings (SSSR count). The summed E-state index contributed by atoms with van der Waals surface area (Å²) >= 11 is 0. The number of nitrogens with zero attached hydrogens (tertiary/aromatic N) is 2. The Balaban J connectivity index is 1.27. The van der Waals surface area contributed by atoms with Gasteiger partial charge in [-0.15, -0.1) is 0 Å². The summed E-state index contributed by atoms with van der Waals surface area (Å²) in [5.74, 6) is 2.23. The van der Waals surface area contributed by atoms with E-state index in [1.54, 1.807) is 50.6 Å². The van der Waals surface area contributed by atoms with Crippen molar-refractivity contribution in [3.05, 3.63) is 87.0 Å². The average molecular weight is 501 g/mol. The first-order valence-electron chi connectivity index (χ1n) is 12.4. The van der Waals surface area contributed by atoms with Crippen molar-refractivity contribution >= 4 is 11.9 Å². The Kier molecular flexibility index (Phi) is 5.76. The summed E-state index contributed by atoms with van der Waals surface area (Å²) < 4.78 is 18.6. The highest BCUT2D eigenvalue weighted by Crippen LogP contribution is 2.42. The highest BCUT2D eigenvalue weighted by Gasteiger charge is 2.36. The molecule has 2 atom stereocenters. The van der Waals surface area contributed by atoms with E-state index in [1.165, 1.54) is 0 Å². The first-order chi connectivity index (χ1) is 17.9. The minimum absolute atomic E-state index is 0.0554. The smallest absolute Gasteiger partial charge is 0.250 e. The van der Waals surface area contributed by atoms with Crippen molar-refractivity contribution in [2.75, 3.05) is 27.3 Å². The molecule has 3 aliphatic rings. The van der Waals surface area contributed by atoms with Gasteiger partial charge in [-0.2, -0.15) is 0 Å². The number of ether oxygens (including phenoxy) is 3. The number of carbonyl (C=O) groups is 1. The zero-order valence-electron chi connectivity index (χ0n) is 20.8. The number of carbonyl (C=O) groups excluding carboxylic acids is 1. The quantitative estimate of drug-likeness (QED) is 0.533. The fraction of sp³-hybridized carbons (Fsp3) is 0.310. The Morgan fingerprint density at radius 1 is 1.03 bits per heavy atom. The minimum atomic E-state index is -0.227. The molecule has 0 amide bonds. The van der Waals surface area contributed by atoms with Crippen LogP contribution in [-0.2, 0) is 13.1 Å². The second-order valence-electron chi connectivity index (χ2n) is 9.89. The van der Waals surface area contributed by atoms with Crippen LogP contribution in [0, 0.1) is 5.92 Å². The van der Waals surface area contributed by atoms with Gasteiger partial charge < -0.3 is 23.9 Å². The Bertz CT molecular complexity index is 1490. The Morgan fingerprint density at radius 2 is 1.86 bits per heavy atom. The number of benzene rings is 2. The van der Waals surface area contributed by atoms with E-state index in [1.807, 2.05) is 22.8 Å². The summed E-state index contributed by atoms with van der Waals surface area (Å²) in [5, 5.41) is 10.8. The number of methoxy groups -OCH3 is 2. The van der Waals surface area contributed by atoms with Gasteiger partial charge >= 0.3 is 0 Å². The van der Waals surface area contributed by atoms with Gasteiger partial charge in [0, 0.05) is 43.9 Å². The number of pyridine rings is 1. The topological polar surface area (TPSA) is 90.2 Å². The monoisotopic (exact) mass is 500 g/mol. The fourth-order valence-electron chi connectivity index (χ4n) is 5.89. The lowest BCUT2D eigenvalue weighted by atomic mass is 9.83. The van der Waals surface area contributed by atoms with Crippen LogP contribution in [0.15, 0.2) is 59.1 Å². The van der Waals surface area contributed by atoms with Crippen LogP contribution in [0.2, 0.25) is 0 Å². The third kappa shape index (κ3) is 4.07. The van der Waals surface area contributed by atoms with Gasteiger partial charge in [0.25, 0.3) is 5.56 Å². The third-order valence-corrected chi connectivity index (χ3v) is 7.56. The molecule has 0 spiro atoms. The zero-order valence-corrected chi connectivity index (χ0v) is 20.8. The van der Waals surface area contributed by atoms with Gasteiger partial charge in [0.1, 0.15) is 11.5 Å². The molecule has 1 fully saturated rings. The standard InChI is InChI=1S/C29H28N2O6/c1-35-24-9-6-17(11-25(24)36-2)12-26-28(34)20-7-8-23(32)21(29(20)37-26)16-30-13-18-10-19(15-30)22-4-3-5-27(33)31(22)14-18/h3-9,11-12,18-19,32H,10,13-16H2,1-2H3. The van der Waals surface area contributed by atoms with E-state index in [-0.39, 0.29) is 28.8 Å². The number of phenols is 1. The Hall–Kier alpha value is -4.04. The molecule has 0 saturated carbocycles. The fourth-order valence-corrected chi connectivity index (χ4v) is 5.89. The van der Waals surface area contributed by atoms with E-state index in [0.717, 1.165) is 30.8 Å². The molecule has 37 heavy (non-hydrogen) atoms. The molecule has 0 radical (unpaired) electrons. The Labute approximate surface area is 214 Å². The van der Waals surface area contributed by atoms with E-state index in [0.29, 0.717) is 47.4 Å². The highest BCUT2D eigenvalue weighted by molar-refractivity contribution is 6.15. The maximum Gasteiger partial charge on any atom is 0.250 e. The summed E-state index contributed by atoms with van der Waals surface area (Å²) in [7, 11) is 3.13. The van der Waals surface area contributed by atoms with Crippen molar-refractivity contribution in [1.82, 2.24) is 9.47 Å². The van der Waals surface area contributed by atoms with Crippen LogP contribution >= 0.6 is 0 Å². The van der Waals surface area contributed by atoms with E-state index in [2.05, 4.69) is 4.90 Å². The predicted octanol–water partition coefficient (Wildman–Crippen LogP) is 3.81. The second kappa shape index (κ2) is 9.12. The molecule has 1 aromatic heterocycles. The van der Waals surface area contributed by atoms with E-state index < -0.39 is 0 Å². The van der Waals surface area contributed by atoms with Gasteiger partial charge in [0.2, 0.25) is 5.78 Å². The van der Waals surface area contributed by atoms with Gasteiger partial charge in [-0.25, -0.2) is 0 Å². The molecule has 3 aromatic rings. The SMILES string of the molecule is COc1ccc(C=C2Oc3c(ccc(O)c3CN3CC4CC(C3)c3cccc(=O)n3C4)C2=O)cc1OC. The third-order valence-electron chi connectivity index (χ3n) is 7.56. The summed E-state index contributed by atoms with van der Waals surface area (Å²) in [6.45, 7) is 2.73. The van der Waals surface area contributed by atoms with Gasteiger partial charge in [0.15, 0.2) is 17.3 Å². The van der Waals surface area contributed by atoms with Crippen LogP contribution in [-0.4, -0.2) is 47.7 Å². The number of ketones is 1. The number of hydrogen-bond donors (Lipinski definition) is 1. The van der Waals surface area contributed by atoms with E-state index >= 15 is 0 Å². The average Bonchev–Trinajstić information content (AvgIpc) is 3.21. The first-order valence-corrected chi connectivity index (χ1v) is 12.4. The van der Waals surface area contributed by atoms with Crippen LogP contribution in [0.4, 0.5) is 0 Å². The zero-order chi connectivity index (χ0) is 25.7. The normalized spacial score (nSPS) is 21.4. The van der Waals surface area contributed by atoms with Crippen molar-refractivity contribution in [3.63, 3.8) is 0 Å².